The molecule has 1 fully saturated rings. The normalized spacial score (nSPS) is 23.9. The van der Waals surface area contributed by atoms with Crippen LogP contribution in [0.5, 0.6) is 5.75 Å². The Morgan fingerprint density at radius 1 is 1.33 bits per heavy atom. The highest BCUT2D eigenvalue weighted by atomic mass is 35.5. The number of nitrogens with two attached hydrogens (primary N) is 1. The first-order valence-corrected chi connectivity index (χ1v) is 5.89. The maximum Gasteiger partial charge on any atom is 0.119 e. The van der Waals surface area contributed by atoms with Crippen molar-refractivity contribution in [2.45, 2.75) is 24.8 Å². The van der Waals surface area contributed by atoms with E-state index in [1.165, 1.54) is 5.56 Å². The summed E-state index contributed by atoms with van der Waals surface area (Å²) < 4.78 is 5.51. The number of alkyl halides is 1. The molecule has 0 spiro atoms. The van der Waals surface area contributed by atoms with Crippen molar-refractivity contribution in [3.05, 3.63) is 29.8 Å². The molecule has 1 aromatic rings. The first-order chi connectivity index (χ1) is 7.31. The summed E-state index contributed by atoms with van der Waals surface area (Å²) in [7, 11) is 0. The van der Waals surface area contributed by atoms with Gasteiger partial charge in [-0.2, -0.15) is 0 Å². The van der Waals surface area contributed by atoms with Gasteiger partial charge in [0.25, 0.3) is 0 Å². The lowest BCUT2D eigenvalue weighted by atomic mass is 10.1. The van der Waals surface area contributed by atoms with Crippen molar-refractivity contribution in [2.24, 2.45) is 5.73 Å². The first kappa shape index (κ1) is 10.8. The molecule has 2 rings (SSSR count). The van der Waals surface area contributed by atoms with Crippen LogP contribution in [-0.2, 0) is 0 Å². The molecule has 15 heavy (non-hydrogen) atoms. The topological polar surface area (TPSA) is 35.2 Å². The van der Waals surface area contributed by atoms with Crippen molar-refractivity contribution in [3.8, 4) is 5.75 Å². The van der Waals surface area contributed by atoms with Gasteiger partial charge in [0.15, 0.2) is 0 Å². The molecular weight excluding hydrogens is 210 g/mol. The van der Waals surface area contributed by atoms with E-state index in [0.717, 1.165) is 18.6 Å². The lowest BCUT2D eigenvalue weighted by Gasteiger charge is -2.05. The van der Waals surface area contributed by atoms with E-state index in [1.54, 1.807) is 0 Å². The SMILES string of the molecule is NC1C[C@@H]1c1ccc(OCCCCl)cc1. The van der Waals surface area contributed by atoms with Crippen molar-refractivity contribution in [1.29, 1.82) is 0 Å². The van der Waals surface area contributed by atoms with Gasteiger partial charge in [0.05, 0.1) is 6.61 Å². The van der Waals surface area contributed by atoms with Crippen LogP contribution in [0.3, 0.4) is 0 Å². The molecule has 1 saturated carbocycles. The minimum Gasteiger partial charge on any atom is -0.494 e. The van der Waals surface area contributed by atoms with E-state index < -0.39 is 0 Å². The lowest BCUT2D eigenvalue weighted by Crippen LogP contribution is -2.01. The van der Waals surface area contributed by atoms with Crippen LogP contribution in [0.2, 0.25) is 0 Å². The number of ether oxygens (including phenoxy) is 1. The van der Waals surface area contributed by atoms with Gasteiger partial charge in [-0.15, -0.1) is 11.6 Å². The van der Waals surface area contributed by atoms with E-state index >= 15 is 0 Å². The number of hydrogen-bond donors (Lipinski definition) is 1. The highest BCUT2D eigenvalue weighted by Gasteiger charge is 2.34. The molecule has 1 aliphatic rings. The Morgan fingerprint density at radius 2 is 2.00 bits per heavy atom. The highest BCUT2D eigenvalue weighted by Crippen LogP contribution is 2.39. The molecule has 2 N–H and O–H groups in total. The van der Waals surface area contributed by atoms with Crippen LogP contribution in [0.1, 0.15) is 24.3 Å². The minimum absolute atomic E-state index is 0.369. The third-order valence-corrected chi connectivity index (χ3v) is 2.96. The molecule has 0 saturated heterocycles. The number of hydrogen-bond acceptors (Lipinski definition) is 2. The van der Waals surface area contributed by atoms with Gasteiger partial charge in [0, 0.05) is 17.8 Å². The van der Waals surface area contributed by atoms with E-state index in [4.69, 9.17) is 22.1 Å². The van der Waals surface area contributed by atoms with Gasteiger partial charge < -0.3 is 10.5 Å². The van der Waals surface area contributed by atoms with Crippen LogP contribution in [0.25, 0.3) is 0 Å². The zero-order valence-corrected chi connectivity index (χ0v) is 9.41. The molecule has 0 heterocycles. The molecular formula is C12H16ClNO. The lowest BCUT2D eigenvalue weighted by molar-refractivity contribution is 0.318. The van der Waals surface area contributed by atoms with Crippen LogP contribution in [0.4, 0.5) is 0 Å². The molecule has 0 aliphatic heterocycles. The maximum absolute atomic E-state index is 5.79. The fourth-order valence-electron chi connectivity index (χ4n) is 1.65. The molecule has 0 amide bonds. The highest BCUT2D eigenvalue weighted by molar-refractivity contribution is 6.17. The van der Waals surface area contributed by atoms with Crippen molar-refractivity contribution >= 4 is 11.6 Å². The monoisotopic (exact) mass is 225 g/mol. The van der Waals surface area contributed by atoms with E-state index in [9.17, 15) is 0 Å². The molecule has 0 aromatic heterocycles. The van der Waals surface area contributed by atoms with Crippen molar-refractivity contribution in [2.75, 3.05) is 12.5 Å². The van der Waals surface area contributed by atoms with Gasteiger partial charge in [-0.3, -0.25) is 0 Å². The Morgan fingerprint density at radius 3 is 2.53 bits per heavy atom. The predicted octanol–water partition coefficient (Wildman–Crippen LogP) is 2.51. The third kappa shape index (κ3) is 2.86. The molecule has 1 aromatic carbocycles. The average Bonchev–Trinajstić information content (AvgIpc) is 2.97. The van der Waals surface area contributed by atoms with Gasteiger partial charge in [0.1, 0.15) is 5.75 Å². The second kappa shape index (κ2) is 4.86. The minimum atomic E-state index is 0.369. The molecule has 0 bridgehead atoms. The van der Waals surface area contributed by atoms with E-state index in [2.05, 4.69) is 12.1 Å². The van der Waals surface area contributed by atoms with Crippen LogP contribution in [0.15, 0.2) is 24.3 Å². The fourth-order valence-corrected chi connectivity index (χ4v) is 1.76. The number of benzene rings is 1. The summed E-state index contributed by atoms with van der Waals surface area (Å²) >= 11 is 5.56. The zero-order valence-electron chi connectivity index (χ0n) is 8.66. The van der Waals surface area contributed by atoms with Gasteiger partial charge in [-0.1, -0.05) is 12.1 Å². The van der Waals surface area contributed by atoms with E-state index in [0.29, 0.717) is 24.4 Å². The summed E-state index contributed by atoms with van der Waals surface area (Å²) in [5.74, 6) is 2.13. The van der Waals surface area contributed by atoms with Gasteiger partial charge >= 0.3 is 0 Å². The van der Waals surface area contributed by atoms with Crippen LogP contribution in [-0.4, -0.2) is 18.5 Å². The van der Waals surface area contributed by atoms with Crippen LogP contribution in [0, 0.1) is 0 Å². The fraction of sp³-hybridized carbons (Fsp3) is 0.500. The maximum atomic E-state index is 5.79. The van der Waals surface area contributed by atoms with Crippen molar-refractivity contribution < 1.29 is 4.74 Å². The Kier molecular flexibility index (Phi) is 3.49. The summed E-state index contributed by atoms with van der Waals surface area (Å²) in [6, 6.07) is 8.60. The van der Waals surface area contributed by atoms with Crippen molar-refractivity contribution in [3.63, 3.8) is 0 Å². The van der Waals surface area contributed by atoms with Gasteiger partial charge in [-0.05, 0) is 30.5 Å². The largest absolute Gasteiger partial charge is 0.494 e. The summed E-state index contributed by atoms with van der Waals surface area (Å²) in [6.45, 7) is 0.686. The summed E-state index contributed by atoms with van der Waals surface area (Å²) in [4.78, 5) is 0. The molecule has 0 radical (unpaired) electrons. The average molecular weight is 226 g/mol. The number of rotatable bonds is 5. The molecule has 2 nitrogen and oxygen atoms in total. The van der Waals surface area contributed by atoms with E-state index in [1.807, 2.05) is 12.1 Å². The Bertz CT molecular complexity index is 312. The van der Waals surface area contributed by atoms with Gasteiger partial charge in [0.2, 0.25) is 0 Å². The standard InChI is InChI=1S/C12H16ClNO/c13-6-1-7-15-10-4-2-9(3-5-10)11-8-12(11)14/h2-5,11-12H,1,6-8,14H2/t11-,12?/m1/s1. The Hall–Kier alpha value is -0.730. The number of halogens is 1. The third-order valence-electron chi connectivity index (χ3n) is 2.69. The molecule has 1 unspecified atom stereocenters. The molecule has 3 heteroatoms. The second-order valence-electron chi connectivity index (χ2n) is 3.97. The van der Waals surface area contributed by atoms with Crippen molar-refractivity contribution in [1.82, 2.24) is 0 Å². The molecule has 2 atom stereocenters. The molecule has 1 aliphatic carbocycles. The first-order valence-electron chi connectivity index (χ1n) is 5.35. The summed E-state index contributed by atoms with van der Waals surface area (Å²) in [5.41, 5.74) is 7.11. The van der Waals surface area contributed by atoms with Crippen LogP contribution < -0.4 is 10.5 Å². The van der Waals surface area contributed by atoms with Gasteiger partial charge in [-0.25, -0.2) is 0 Å². The summed E-state index contributed by atoms with van der Waals surface area (Å²) in [5, 5.41) is 0. The summed E-state index contributed by atoms with van der Waals surface area (Å²) in [6.07, 6.45) is 2.00. The van der Waals surface area contributed by atoms with E-state index in [-0.39, 0.29) is 0 Å². The Balaban J connectivity index is 1.87. The molecule has 82 valence electrons. The quantitative estimate of drug-likeness (QED) is 0.618. The predicted molar refractivity (Wildman–Crippen MR) is 62.6 cm³/mol. The second-order valence-corrected chi connectivity index (χ2v) is 4.34. The Labute approximate surface area is 95.4 Å². The zero-order chi connectivity index (χ0) is 10.7. The smallest absolute Gasteiger partial charge is 0.119 e. The van der Waals surface area contributed by atoms with Crippen LogP contribution >= 0.6 is 11.6 Å².